The fourth-order valence-corrected chi connectivity index (χ4v) is 3.58. The lowest BCUT2D eigenvalue weighted by atomic mass is 10.1. The maximum absolute atomic E-state index is 12.1. The molecule has 0 unspecified atom stereocenters. The third-order valence-electron chi connectivity index (χ3n) is 4.17. The lowest BCUT2D eigenvalue weighted by Crippen LogP contribution is -2.21. The number of rotatable bonds is 6. The Hall–Kier alpha value is -2.51. The number of hydrogen-bond donors (Lipinski definition) is 1. The van der Waals surface area contributed by atoms with Crippen molar-refractivity contribution in [2.75, 3.05) is 6.26 Å². The minimum atomic E-state index is -3.51. The molecule has 0 aliphatic heterocycles. The molecule has 0 saturated carbocycles. The minimum Gasteiger partial charge on any atom is -0.321 e. The number of nitrogens with two attached hydrogens (primary N) is 1. The van der Waals surface area contributed by atoms with Crippen molar-refractivity contribution >= 4 is 9.84 Å². The van der Waals surface area contributed by atoms with Gasteiger partial charge in [-0.1, -0.05) is 60.2 Å². The summed E-state index contributed by atoms with van der Waals surface area (Å²) >= 11 is 0. The average Bonchev–Trinajstić information content (AvgIpc) is 3.02. The van der Waals surface area contributed by atoms with Crippen LogP contribution in [0.5, 0.6) is 0 Å². The first kappa shape index (κ1) is 18.3. The molecule has 1 aromatic heterocycles. The van der Waals surface area contributed by atoms with Crippen LogP contribution in [0.3, 0.4) is 0 Å². The number of aromatic nitrogens is 3. The molecule has 3 aromatic rings. The predicted molar refractivity (Wildman–Crippen MR) is 100 cm³/mol. The maximum atomic E-state index is 12.1. The SMILES string of the molecule is Cc1ccc(Cn2c([C@@H](N)Cc3ccccc3)nnc2S(C)(=O)=O)cc1. The van der Waals surface area contributed by atoms with Gasteiger partial charge in [0.1, 0.15) is 0 Å². The van der Waals surface area contributed by atoms with E-state index in [1.165, 1.54) is 0 Å². The molecule has 0 aliphatic carbocycles. The highest BCUT2D eigenvalue weighted by Gasteiger charge is 2.24. The Bertz CT molecular complexity index is 980. The Morgan fingerprint density at radius 1 is 1.00 bits per heavy atom. The standard InChI is InChI=1S/C19H22N4O2S/c1-14-8-10-16(11-9-14)13-23-18(21-22-19(23)26(2,24)25)17(20)12-15-6-4-3-5-7-15/h3-11,17H,12-13,20H2,1-2H3/t17-/m0/s1. The molecule has 2 aromatic carbocycles. The van der Waals surface area contributed by atoms with Gasteiger partial charge in [-0.05, 0) is 24.5 Å². The summed E-state index contributed by atoms with van der Waals surface area (Å²) in [5.74, 6) is 0.467. The van der Waals surface area contributed by atoms with Crippen LogP contribution in [0, 0.1) is 6.92 Å². The van der Waals surface area contributed by atoms with Gasteiger partial charge < -0.3 is 5.73 Å². The summed E-state index contributed by atoms with van der Waals surface area (Å²) in [7, 11) is -3.51. The molecule has 136 valence electrons. The number of sulfone groups is 1. The highest BCUT2D eigenvalue weighted by atomic mass is 32.2. The van der Waals surface area contributed by atoms with Crippen molar-refractivity contribution in [3.63, 3.8) is 0 Å². The molecule has 0 spiro atoms. The first-order valence-electron chi connectivity index (χ1n) is 8.33. The third kappa shape index (κ3) is 4.17. The molecule has 0 radical (unpaired) electrons. The van der Waals surface area contributed by atoms with Gasteiger partial charge in [0.15, 0.2) is 5.82 Å². The Morgan fingerprint density at radius 3 is 2.27 bits per heavy atom. The van der Waals surface area contributed by atoms with Crippen LogP contribution in [-0.4, -0.2) is 29.4 Å². The van der Waals surface area contributed by atoms with Crippen molar-refractivity contribution in [1.29, 1.82) is 0 Å². The molecule has 26 heavy (non-hydrogen) atoms. The van der Waals surface area contributed by atoms with Crippen LogP contribution in [0.1, 0.15) is 28.6 Å². The maximum Gasteiger partial charge on any atom is 0.249 e. The Balaban J connectivity index is 1.97. The van der Waals surface area contributed by atoms with Crippen LogP contribution >= 0.6 is 0 Å². The molecule has 6 nitrogen and oxygen atoms in total. The lowest BCUT2D eigenvalue weighted by Gasteiger charge is -2.15. The summed E-state index contributed by atoms with van der Waals surface area (Å²) in [4.78, 5) is 0. The Kier molecular flexibility index (Phi) is 5.20. The van der Waals surface area contributed by atoms with Crippen molar-refractivity contribution in [3.05, 3.63) is 77.1 Å². The minimum absolute atomic E-state index is 0.0587. The molecule has 1 atom stereocenters. The van der Waals surface area contributed by atoms with Gasteiger partial charge in [-0.2, -0.15) is 0 Å². The molecule has 2 N–H and O–H groups in total. The molecule has 0 fully saturated rings. The number of hydrogen-bond acceptors (Lipinski definition) is 5. The largest absolute Gasteiger partial charge is 0.321 e. The van der Waals surface area contributed by atoms with Crippen molar-refractivity contribution in [2.24, 2.45) is 5.73 Å². The molecule has 0 saturated heterocycles. The van der Waals surface area contributed by atoms with Gasteiger partial charge in [-0.15, -0.1) is 10.2 Å². The van der Waals surface area contributed by atoms with E-state index in [4.69, 9.17) is 5.73 Å². The van der Waals surface area contributed by atoms with Gasteiger partial charge in [0.25, 0.3) is 0 Å². The molecule has 7 heteroatoms. The van der Waals surface area contributed by atoms with Crippen molar-refractivity contribution in [3.8, 4) is 0 Å². The van der Waals surface area contributed by atoms with Crippen LogP contribution in [0.15, 0.2) is 59.8 Å². The smallest absolute Gasteiger partial charge is 0.249 e. The topological polar surface area (TPSA) is 90.9 Å². The average molecular weight is 370 g/mol. The fraction of sp³-hybridized carbons (Fsp3) is 0.263. The first-order valence-corrected chi connectivity index (χ1v) is 10.2. The number of benzene rings is 2. The molecule has 0 bridgehead atoms. The van der Waals surface area contributed by atoms with E-state index in [2.05, 4.69) is 10.2 Å². The summed E-state index contributed by atoms with van der Waals surface area (Å²) in [6.07, 6.45) is 1.69. The summed E-state index contributed by atoms with van der Waals surface area (Å²) < 4.78 is 25.9. The van der Waals surface area contributed by atoms with E-state index < -0.39 is 15.9 Å². The van der Waals surface area contributed by atoms with Crippen LogP contribution in [-0.2, 0) is 22.8 Å². The fourth-order valence-electron chi connectivity index (χ4n) is 2.83. The van der Waals surface area contributed by atoms with Gasteiger partial charge >= 0.3 is 0 Å². The summed E-state index contributed by atoms with van der Waals surface area (Å²) in [5.41, 5.74) is 9.51. The van der Waals surface area contributed by atoms with E-state index in [1.54, 1.807) is 4.57 Å². The quantitative estimate of drug-likeness (QED) is 0.719. The summed E-state index contributed by atoms with van der Waals surface area (Å²) in [5, 5.41) is 7.95. The van der Waals surface area contributed by atoms with E-state index in [-0.39, 0.29) is 5.16 Å². The molecular formula is C19H22N4O2S. The van der Waals surface area contributed by atoms with Crippen LogP contribution in [0.25, 0.3) is 0 Å². The van der Waals surface area contributed by atoms with E-state index in [0.29, 0.717) is 18.8 Å². The molecule has 0 aliphatic rings. The monoisotopic (exact) mass is 370 g/mol. The highest BCUT2D eigenvalue weighted by Crippen LogP contribution is 2.20. The number of nitrogens with zero attached hydrogens (tertiary/aromatic N) is 3. The van der Waals surface area contributed by atoms with Crippen LogP contribution in [0.4, 0.5) is 0 Å². The second kappa shape index (κ2) is 7.39. The normalized spacial score (nSPS) is 12.9. The Morgan fingerprint density at radius 2 is 1.65 bits per heavy atom. The zero-order chi connectivity index (χ0) is 18.7. The lowest BCUT2D eigenvalue weighted by molar-refractivity contribution is 0.557. The van der Waals surface area contributed by atoms with E-state index in [0.717, 1.165) is 22.9 Å². The van der Waals surface area contributed by atoms with Crippen LogP contribution in [0.2, 0.25) is 0 Å². The van der Waals surface area contributed by atoms with Crippen molar-refractivity contribution in [1.82, 2.24) is 14.8 Å². The summed E-state index contributed by atoms with van der Waals surface area (Å²) in [6.45, 7) is 2.36. The van der Waals surface area contributed by atoms with Crippen molar-refractivity contribution < 1.29 is 8.42 Å². The van der Waals surface area contributed by atoms with Gasteiger partial charge in [-0.3, -0.25) is 4.57 Å². The van der Waals surface area contributed by atoms with Gasteiger partial charge in [0.05, 0.1) is 12.6 Å². The highest BCUT2D eigenvalue weighted by molar-refractivity contribution is 7.90. The van der Waals surface area contributed by atoms with Crippen molar-refractivity contribution in [2.45, 2.75) is 31.1 Å². The van der Waals surface area contributed by atoms with Crippen LogP contribution < -0.4 is 5.73 Å². The third-order valence-corrected chi connectivity index (χ3v) is 5.13. The Labute approximate surface area is 153 Å². The molecule has 0 amide bonds. The second-order valence-corrected chi connectivity index (χ2v) is 8.39. The predicted octanol–water partition coefficient (Wildman–Crippen LogP) is 2.28. The molecule has 1 heterocycles. The molecular weight excluding hydrogens is 348 g/mol. The zero-order valence-corrected chi connectivity index (χ0v) is 15.6. The van der Waals surface area contributed by atoms with Gasteiger partial charge in [-0.25, -0.2) is 8.42 Å². The number of aryl methyl sites for hydroxylation is 1. The van der Waals surface area contributed by atoms with E-state index in [1.807, 2.05) is 61.5 Å². The summed E-state index contributed by atoms with van der Waals surface area (Å²) in [6, 6.07) is 17.3. The first-order chi connectivity index (χ1) is 12.3. The second-order valence-electron chi connectivity index (χ2n) is 6.48. The van der Waals surface area contributed by atoms with E-state index >= 15 is 0 Å². The van der Waals surface area contributed by atoms with E-state index in [9.17, 15) is 8.42 Å². The van der Waals surface area contributed by atoms with Gasteiger partial charge in [0.2, 0.25) is 15.0 Å². The zero-order valence-electron chi connectivity index (χ0n) is 14.8. The molecule has 3 rings (SSSR count). The van der Waals surface area contributed by atoms with Gasteiger partial charge in [0, 0.05) is 6.26 Å².